The van der Waals surface area contributed by atoms with Crippen molar-refractivity contribution in [2.75, 3.05) is 51.3 Å². The smallest absolute Gasteiger partial charge is 0.339 e. The van der Waals surface area contributed by atoms with Crippen LogP contribution in [-0.4, -0.2) is 74.0 Å². The Hall–Kier alpha value is -2.41. The summed E-state index contributed by atoms with van der Waals surface area (Å²) in [6, 6.07) is 6.85. The molecule has 1 aromatic rings. The Balaban J connectivity index is 1.72. The van der Waals surface area contributed by atoms with Gasteiger partial charge in [-0.25, -0.2) is 4.79 Å². The summed E-state index contributed by atoms with van der Waals surface area (Å²) >= 11 is 0. The van der Waals surface area contributed by atoms with Crippen LogP contribution in [-0.2, 0) is 14.3 Å². The number of piperazine rings is 1. The standard InChI is InChI=1S/C19H25N3O4/c1-3-20-8-10-21(11-9-20)18(24)14-12-17(23)22(13-14)16-7-5-4-6-15(16)19(25)26-2/h4-7,14H,3,8-13H2,1-2H3. The molecule has 2 amide bonds. The van der Waals surface area contributed by atoms with E-state index in [4.69, 9.17) is 4.74 Å². The maximum absolute atomic E-state index is 12.8. The van der Waals surface area contributed by atoms with Crippen molar-refractivity contribution in [2.24, 2.45) is 5.92 Å². The summed E-state index contributed by atoms with van der Waals surface area (Å²) in [4.78, 5) is 43.0. The first-order valence-corrected chi connectivity index (χ1v) is 9.04. The van der Waals surface area contributed by atoms with Gasteiger partial charge in [0, 0.05) is 39.1 Å². The molecule has 0 aliphatic carbocycles. The number of para-hydroxylation sites is 1. The molecule has 2 saturated heterocycles. The molecule has 0 spiro atoms. The molecule has 7 heteroatoms. The molecule has 1 unspecified atom stereocenters. The van der Waals surface area contributed by atoms with Crippen molar-refractivity contribution < 1.29 is 19.1 Å². The minimum atomic E-state index is -0.487. The third-order valence-electron chi connectivity index (χ3n) is 5.21. The van der Waals surface area contributed by atoms with Crippen LogP contribution in [0.5, 0.6) is 0 Å². The molecule has 0 saturated carbocycles. The Bertz CT molecular complexity index is 698. The number of carbonyl (C=O) groups excluding carboxylic acids is 3. The molecule has 0 bridgehead atoms. The van der Waals surface area contributed by atoms with Crippen molar-refractivity contribution >= 4 is 23.5 Å². The summed E-state index contributed by atoms with van der Waals surface area (Å²) in [6.45, 7) is 6.56. The van der Waals surface area contributed by atoms with Gasteiger partial charge in [-0.15, -0.1) is 0 Å². The largest absolute Gasteiger partial charge is 0.465 e. The first kappa shape index (κ1) is 18.4. The molecule has 0 N–H and O–H groups in total. The van der Waals surface area contributed by atoms with E-state index in [9.17, 15) is 14.4 Å². The quantitative estimate of drug-likeness (QED) is 0.750. The van der Waals surface area contributed by atoms with Crippen molar-refractivity contribution in [2.45, 2.75) is 13.3 Å². The van der Waals surface area contributed by atoms with Crippen LogP contribution >= 0.6 is 0 Å². The molecule has 2 aliphatic rings. The first-order chi connectivity index (χ1) is 12.5. The first-order valence-electron chi connectivity index (χ1n) is 9.04. The van der Waals surface area contributed by atoms with Crippen LogP contribution in [0.2, 0.25) is 0 Å². The zero-order chi connectivity index (χ0) is 18.7. The summed E-state index contributed by atoms with van der Waals surface area (Å²) in [6.07, 6.45) is 0.183. The minimum Gasteiger partial charge on any atom is -0.465 e. The predicted octanol–water partition coefficient (Wildman–Crippen LogP) is 0.990. The van der Waals surface area contributed by atoms with E-state index >= 15 is 0 Å². The molecule has 2 heterocycles. The fourth-order valence-corrected chi connectivity index (χ4v) is 3.64. The summed E-state index contributed by atoms with van der Waals surface area (Å²) in [7, 11) is 1.31. The fraction of sp³-hybridized carbons (Fsp3) is 0.526. The molecule has 26 heavy (non-hydrogen) atoms. The van der Waals surface area contributed by atoms with Crippen molar-refractivity contribution in [3.63, 3.8) is 0 Å². The average molecular weight is 359 g/mol. The van der Waals surface area contributed by atoms with E-state index in [0.717, 1.165) is 19.6 Å². The Morgan fingerprint density at radius 3 is 2.50 bits per heavy atom. The Morgan fingerprint density at radius 2 is 1.85 bits per heavy atom. The fourth-order valence-electron chi connectivity index (χ4n) is 3.64. The third-order valence-corrected chi connectivity index (χ3v) is 5.21. The number of esters is 1. The van der Waals surface area contributed by atoms with E-state index in [1.165, 1.54) is 12.0 Å². The molecule has 0 aromatic heterocycles. The number of anilines is 1. The van der Waals surface area contributed by atoms with E-state index in [1.807, 2.05) is 4.90 Å². The lowest BCUT2D eigenvalue weighted by molar-refractivity contribution is -0.137. The highest BCUT2D eigenvalue weighted by Crippen LogP contribution is 2.29. The van der Waals surface area contributed by atoms with E-state index in [1.54, 1.807) is 24.3 Å². The molecule has 0 radical (unpaired) electrons. The molecule has 2 fully saturated rings. The number of likely N-dealkylation sites (N-methyl/N-ethyl adjacent to an activating group) is 1. The van der Waals surface area contributed by atoms with Gasteiger partial charge < -0.3 is 19.4 Å². The normalized spacial score (nSPS) is 21.2. The lowest BCUT2D eigenvalue weighted by Crippen LogP contribution is -2.50. The summed E-state index contributed by atoms with van der Waals surface area (Å²) in [5, 5.41) is 0. The van der Waals surface area contributed by atoms with Crippen molar-refractivity contribution in [1.29, 1.82) is 0 Å². The highest BCUT2D eigenvalue weighted by Gasteiger charge is 2.38. The van der Waals surface area contributed by atoms with E-state index < -0.39 is 5.97 Å². The summed E-state index contributed by atoms with van der Waals surface area (Å²) < 4.78 is 4.81. The van der Waals surface area contributed by atoms with E-state index in [0.29, 0.717) is 30.9 Å². The van der Waals surface area contributed by atoms with Gasteiger partial charge in [0.05, 0.1) is 24.3 Å². The Kier molecular flexibility index (Phi) is 5.56. The van der Waals surface area contributed by atoms with Gasteiger partial charge in [0.2, 0.25) is 11.8 Å². The number of methoxy groups -OCH3 is 1. The number of amides is 2. The number of rotatable bonds is 4. The van der Waals surface area contributed by atoms with Gasteiger partial charge in [-0.1, -0.05) is 19.1 Å². The Labute approximate surface area is 153 Å². The van der Waals surface area contributed by atoms with Crippen LogP contribution in [0.1, 0.15) is 23.7 Å². The SMILES string of the molecule is CCN1CCN(C(=O)C2CC(=O)N(c3ccccc3C(=O)OC)C2)CC1. The minimum absolute atomic E-state index is 0.0344. The monoisotopic (exact) mass is 359 g/mol. The number of nitrogens with zero attached hydrogens (tertiary/aromatic N) is 3. The zero-order valence-corrected chi connectivity index (χ0v) is 15.3. The van der Waals surface area contributed by atoms with Gasteiger partial charge in [0.15, 0.2) is 0 Å². The number of benzene rings is 1. The maximum atomic E-state index is 12.8. The van der Waals surface area contributed by atoms with E-state index in [-0.39, 0.29) is 24.2 Å². The number of hydrogen-bond acceptors (Lipinski definition) is 5. The van der Waals surface area contributed by atoms with Crippen molar-refractivity contribution in [3.05, 3.63) is 29.8 Å². The van der Waals surface area contributed by atoms with Crippen LogP contribution in [0.25, 0.3) is 0 Å². The van der Waals surface area contributed by atoms with Crippen molar-refractivity contribution in [1.82, 2.24) is 9.80 Å². The second kappa shape index (κ2) is 7.86. The van der Waals surface area contributed by atoms with Crippen LogP contribution in [0.4, 0.5) is 5.69 Å². The molecular weight excluding hydrogens is 334 g/mol. The molecule has 2 aliphatic heterocycles. The lowest BCUT2D eigenvalue weighted by atomic mass is 10.1. The number of ether oxygens (including phenoxy) is 1. The number of carbonyl (C=O) groups is 3. The zero-order valence-electron chi connectivity index (χ0n) is 15.3. The molecule has 140 valence electrons. The van der Waals surface area contributed by atoms with Gasteiger partial charge in [-0.3, -0.25) is 9.59 Å². The van der Waals surface area contributed by atoms with Crippen LogP contribution in [0.3, 0.4) is 0 Å². The second-order valence-corrected chi connectivity index (χ2v) is 6.67. The Morgan fingerprint density at radius 1 is 1.15 bits per heavy atom. The molecule has 1 aromatic carbocycles. The van der Waals surface area contributed by atoms with E-state index in [2.05, 4.69) is 11.8 Å². The second-order valence-electron chi connectivity index (χ2n) is 6.67. The molecule has 7 nitrogen and oxygen atoms in total. The topological polar surface area (TPSA) is 70.2 Å². The summed E-state index contributed by atoms with van der Waals surface area (Å²) in [5.74, 6) is -0.945. The van der Waals surface area contributed by atoms with Crippen LogP contribution < -0.4 is 4.90 Å². The van der Waals surface area contributed by atoms with Crippen LogP contribution in [0.15, 0.2) is 24.3 Å². The highest BCUT2D eigenvalue weighted by molar-refractivity contribution is 6.05. The third kappa shape index (κ3) is 3.58. The highest BCUT2D eigenvalue weighted by atomic mass is 16.5. The molecule has 1 atom stereocenters. The average Bonchev–Trinajstić information content (AvgIpc) is 3.08. The predicted molar refractivity (Wildman–Crippen MR) is 96.9 cm³/mol. The van der Waals surface area contributed by atoms with Gasteiger partial charge in [-0.05, 0) is 18.7 Å². The summed E-state index contributed by atoms with van der Waals surface area (Å²) in [5.41, 5.74) is 0.850. The van der Waals surface area contributed by atoms with Gasteiger partial charge >= 0.3 is 5.97 Å². The lowest BCUT2D eigenvalue weighted by Gasteiger charge is -2.35. The van der Waals surface area contributed by atoms with Gasteiger partial charge in [0.25, 0.3) is 0 Å². The number of hydrogen-bond donors (Lipinski definition) is 0. The molecular formula is C19H25N3O4. The van der Waals surface area contributed by atoms with Gasteiger partial charge in [0.1, 0.15) is 0 Å². The van der Waals surface area contributed by atoms with Crippen molar-refractivity contribution in [3.8, 4) is 0 Å². The maximum Gasteiger partial charge on any atom is 0.339 e. The van der Waals surface area contributed by atoms with Gasteiger partial charge in [-0.2, -0.15) is 0 Å². The van der Waals surface area contributed by atoms with Crippen LogP contribution in [0, 0.1) is 5.92 Å². The molecule has 3 rings (SSSR count).